The SMILES string of the molecule is C=C(C)c1ccc2nc(-c3ccccc3)c(CCCC/C(C)=C\CC)nc2c1. The van der Waals surface area contributed by atoms with Crippen molar-refractivity contribution in [2.24, 2.45) is 0 Å². The smallest absolute Gasteiger partial charge is 0.0925 e. The second kappa shape index (κ2) is 9.45. The maximum Gasteiger partial charge on any atom is 0.0925 e. The van der Waals surface area contributed by atoms with Crippen molar-refractivity contribution in [2.75, 3.05) is 0 Å². The van der Waals surface area contributed by atoms with Gasteiger partial charge in [-0.25, -0.2) is 9.97 Å². The van der Waals surface area contributed by atoms with E-state index in [0.29, 0.717) is 0 Å². The quantitative estimate of drug-likeness (QED) is 0.305. The number of nitrogens with zero attached hydrogens (tertiary/aromatic N) is 2. The monoisotopic (exact) mass is 370 g/mol. The van der Waals surface area contributed by atoms with Gasteiger partial charge in [-0.3, -0.25) is 0 Å². The van der Waals surface area contributed by atoms with Gasteiger partial charge in [0.15, 0.2) is 0 Å². The first-order valence-corrected chi connectivity index (χ1v) is 10.3. The van der Waals surface area contributed by atoms with E-state index in [4.69, 9.17) is 9.97 Å². The largest absolute Gasteiger partial charge is 0.249 e. The third kappa shape index (κ3) is 4.95. The zero-order valence-corrected chi connectivity index (χ0v) is 17.3. The lowest BCUT2D eigenvalue weighted by Gasteiger charge is -2.11. The fourth-order valence-corrected chi connectivity index (χ4v) is 3.50. The van der Waals surface area contributed by atoms with Gasteiger partial charge in [0, 0.05) is 5.56 Å². The van der Waals surface area contributed by atoms with Crippen molar-refractivity contribution in [3.8, 4) is 11.3 Å². The third-order valence-corrected chi connectivity index (χ3v) is 5.06. The normalized spacial score (nSPS) is 11.8. The molecule has 0 aliphatic heterocycles. The van der Waals surface area contributed by atoms with Gasteiger partial charge in [-0.2, -0.15) is 0 Å². The lowest BCUT2D eigenvalue weighted by atomic mass is 10.0. The van der Waals surface area contributed by atoms with E-state index in [1.54, 1.807) is 0 Å². The van der Waals surface area contributed by atoms with Crippen molar-refractivity contribution in [1.29, 1.82) is 0 Å². The van der Waals surface area contributed by atoms with E-state index in [-0.39, 0.29) is 0 Å². The number of allylic oxidation sites excluding steroid dienone is 3. The summed E-state index contributed by atoms with van der Waals surface area (Å²) in [6, 6.07) is 16.7. The number of hydrogen-bond acceptors (Lipinski definition) is 2. The maximum atomic E-state index is 5.03. The first kappa shape index (κ1) is 20.0. The molecule has 28 heavy (non-hydrogen) atoms. The Morgan fingerprint density at radius 2 is 1.75 bits per heavy atom. The highest BCUT2D eigenvalue weighted by atomic mass is 14.8. The van der Waals surface area contributed by atoms with Crippen molar-refractivity contribution >= 4 is 16.6 Å². The second-order valence-electron chi connectivity index (χ2n) is 7.53. The number of fused-ring (bicyclic) bond motifs is 1. The maximum absolute atomic E-state index is 5.03. The Bertz CT molecular complexity index is 984. The molecule has 3 rings (SSSR count). The van der Waals surface area contributed by atoms with Crippen LogP contribution in [0.3, 0.4) is 0 Å². The van der Waals surface area contributed by atoms with E-state index in [2.05, 4.69) is 69.0 Å². The van der Waals surface area contributed by atoms with E-state index in [9.17, 15) is 0 Å². The van der Waals surface area contributed by atoms with Crippen LogP contribution in [0.25, 0.3) is 27.9 Å². The van der Waals surface area contributed by atoms with Crippen LogP contribution in [0, 0.1) is 0 Å². The number of aromatic nitrogens is 2. The Morgan fingerprint density at radius 3 is 2.46 bits per heavy atom. The van der Waals surface area contributed by atoms with Gasteiger partial charge in [0.05, 0.1) is 22.4 Å². The van der Waals surface area contributed by atoms with Crippen LogP contribution in [0.2, 0.25) is 0 Å². The lowest BCUT2D eigenvalue weighted by Crippen LogP contribution is -2.00. The van der Waals surface area contributed by atoms with Crippen molar-refractivity contribution < 1.29 is 0 Å². The van der Waals surface area contributed by atoms with Crippen LogP contribution in [-0.2, 0) is 6.42 Å². The van der Waals surface area contributed by atoms with Crippen molar-refractivity contribution in [3.63, 3.8) is 0 Å². The van der Waals surface area contributed by atoms with Gasteiger partial charge in [0.25, 0.3) is 0 Å². The minimum Gasteiger partial charge on any atom is -0.249 e. The van der Waals surface area contributed by atoms with Crippen molar-refractivity contribution in [2.45, 2.75) is 52.9 Å². The Kier molecular flexibility index (Phi) is 6.76. The zero-order chi connectivity index (χ0) is 19.9. The first-order valence-electron chi connectivity index (χ1n) is 10.3. The average Bonchev–Trinajstić information content (AvgIpc) is 2.71. The molecule has 144 valence electrons. The molecular weight excluding hydrogens is 340 g/mol. The molecule has 0 aliphatic carbocycles. The number of aryl methyl sites for hydroxylation is 1. The molecule has 0 spiro atoms. The second-order valence-corrected chi connectivity index (χ2v) is 7.53. The Hall–Kier alpha value is -2.74. The molecule has 0 bridgehead atoms. The van der Waals surface area contributed by atoms with Gasteiger partial charge in [0.2, 0.25) is 0 Å². The van der Waals surface area contributed by atoms with Crippen LogP contribution in [0.15, 0.2) is 66.8 Å². The molecule has 0 aliphatic rings. The highest BCUT2D eigenvalue weighted by Gasteiger charge is 2.11. The molecule has 0 amide bonds. The topological polar surface area (TPSA) is 25.8 Å². The van der Waals surface area contributed by atoms with E-state index < -0.39 is 0 Å². The van der Waals surface area contributed by atoms with Crippen molar-refractivity contribution in [1.82, 2.24) is 9.97 Å². The van der Waals surface area contributed by atoms with Crippen LogP contribution < -0.4 is 0 Å². The zero-order valence-electron chi connectivity index (χ0n) is 17.3. The van der Waals surface area contributed by atoms with Gasteiger partial charge >= 0.3 is 0 Å². The molecule has 2 aromatic carbocycles. The van der Waals surface area contributed by atoms with Crippen LogP contribution >= 0.6 is 0 Å². The van der Waals surface area contributed by atoms with E-state index in [0.717, 1.165) is 64.8 Å². The number of benzene rings is 2. The van der Waals surface area contributed by atoms with Crippen LogP contribution in [0.5, 0.6) is 0 Å². The van der Waals surface area contributed by atoms with Gasteiger partial charge < -0.3 is 0 Å². The minimum atomic E-state index is 0.939. The fourth-order valence-electron chi connectivity index (χ4n) is 3.50. The predicted octanol–water partition coefficient (Wildman–Crippen LogP) is 7.40. The molecule has 3 aromatic rings. The number of rotatable bonds is 8. The number of unbranched alkanes of at least 4 members (excludes halogenated alkanes) is 1. The van der Waals surface area contributed by atoms with Crippen molar-refractivity contribution in [3.05, 3.63) is 78.0 Å². The van der Waals surface area contributed by atoms with Gasteiger partial charge in [-0.15, -0.1) is 0 Å². The molecule has 0 fully saturated rings. The highest BCUT2D eigenvalue weighted by Crippen LogP contribution is 2.26. The summed E-state index contributed by atoms with van der Waals surface area (Å²) in [5.74, 6) is 0. The van der Waals surface area contributed by atoms with Crippen LogP contribution in [-0.4, -0.2) is 9.97 Å². The highest BCUT2D eigenvalue weighted by molar-refractivity contribution is 5.82. The summed E-state index contributed by atoms with van der Waals surface area (Å²) < 4.78 is 0. The fraction of sp³-hybridized carbons (Fsp3) is 0.308. The standard InChI is InChI=1S/C26H30N2/c1-5-11-20(4)12-9-10-15-24-26(21-13-7-6-8-14-21)28-23-17-16-22(19(2)3)18-25(23)27-24/h6-8,11,13-14,16-18H,2,5,9-10,12,15H2,1,3-4H3/b20-11-. The Labute approximate surface area is 169 Å². The van der Waals surface area contributed by atoms with E-state index in [1.165, 1.54) is 12.0 Å². The van der Waals surface area contributed by atoms with Crippen LogP contribution in [0.4, 0.5) is 0 Å². The van der Waals surface area contributed by atoms with Crippen LogP contribution in [0.1, 0.15) is 57.7 Å². The third-order valence-electron chi connectivity index (χ3n) is 5.06. The number of hydrogen-bond donors (Lipinski definition) is 0. The molecule has 0 N–H and O–H groups in total. The van der Waals surface area contributed by atoms with Gasteiger partial charge in [0.1, 0.15) is 0 Å². The Morgan fingerprint density at radius 1 is 0.964 bits per heavy atom. The summed E-state index contributed by atoms with van der Waals surface area (Å²) in [5, 5.41) is 0. The van der Waals surface area contributed by atoms with Gasteiger partial charge in [-0.05, 0) is 63.6 Å². The average molecular weight is 371 g/mol. The molecular formula is C26H30N2. The summed E-state index contributed by atoms with van der Waals surface area (Å²) in [7, 11) is 0. The predicted molar refractivity (Wildman–Crippen MR) is 121 cm³/mol. The molecule has 1 aromatic heterocycles. The molecule has 0 radical (unpaired) electrons. The van der Waals surface area contributed by atoms with Gasteiger partial charge in [-0.1, -0.05) is 67.1 Å². The lowest BCUT2D eigenvalue weighted by molar-refractivity contribution is 0.718. The van der Waals surface area contributed by atoms with E-state index in [1.807, 2.05) is 13.0 Å². The van der Waals surface area contributed by atoms with E-state index >= 15 is 0 Å². The summed E-state index contributed by atoms with van der Waals surface area (Å²) in [6.45, 7) is 10.5. The summed E-state index contributed by atoms with van der Waals surface area (Å²) in [5.41, 5.74) is 8.80. The summed E-state index contributed by atoms with van der Waals surface area (Å²) >= 11 is 0. The minimum absolute atomic E-state index is 0.939. The molecule has 2 heteroatoms. The molecule has 0 saturated heterocycles. The molecule has 2 nitrogen and oxygen atoms in total. The summed E-state index contributed by atoms with van der Waals surface area (Å²) in [6.07, 6.45) is 7.85. The molecule has 0 atom stereocenters. The summed E-state index contributed by atoms with van der Waals surface area (Å²) in [4.78, 5) is 10.0. The first-order chi connectivity index (χ1) is 13.6. The molecule has 0 saturated carbocycles. The molecule has 1 heterocycles. The Balaban J connectivity index is 1.92. The molecule has 0 unspecified atom stereocenters.